The molecule has 2 aromatic heterocycles. The third-order valence-corrected chi connectivity index (χ3v) is 6.76. The molecule has 0 spiro atoms. The number of anilines is 2. The van der Waals surface area contributed by atoms with Crippen molar-refractivity contribution in [1.29, 1.82) is 0 Å². The van der Waals surface area contributed by atoms with Crippen LogP contribution in [0.3, 0.4) is 0 Å². The summed E-state index contributed by atoms with van der Waals surface area (Å²) in [4.78, 5) is 40.8. The van der Waals surface area contributed by atoms with Crippen LogP contribution in [0, 0.1) is 0 Å². The largest absolute Gasteiger partial charge is 0.380 e. The Kier molecular flexibility index (Phi) is 6.26. The average Bonchev–Trinajstić information content (AvgIpc) is 3.18. The number of ether oxygens (including phenoxy) is 1. The summed E-state index contributed by atoms with van der Waals surface area (Å²) < 4.78 is 5.41. The highest BCUT2D eigenvalue weighted by Crippen LogP contribution is 2.33. The number of rotatable bonds is 6. The number of carbonyl (C=O) groups is 2. The fourth-order valence-electron chi connectivity index (χ4n) is 4.99. The van der Waals surface area contributed by atoms with E-state index >= 15 is 0 Å². The van der Waals surface area contributed by atoms with Crippen LogP contribution in [0.5, 0.6) is 0 Å². The molecule has 1 saturated heterocycles. The van der Waals surface area contributed by atoms with Gasteiger partial charge in [-0.25, -0.2) is 9.97 Å². The van der Waals surface area contributed by atoms with Crippen LogP contribution in [0.15, 0.2) is 24.5 Å². The Bertz CT molecular complexity index is 1050. The Hall–Kier alpha value is -3.00. The highest BCUT2D eigenvalue weighted by Gasteiger charge is 2.30. The number of hydrogen-bond donors (Lipinski definition) is 0. The van der Waals surface area contributed by atoms with E-state index in [9.17, 15) is 9.59 Å². The van der Waals surface area contributed by atoms with Crippen LogP contribution in [0.1, 0.15) is 64.4 Å². The zero-order valence-corrected chi connectivity index (χ0v) is 19.3. The van der Waals surface area contributed by atoms with Gasteiger partial charge in [0.15, 0.2) is 0 Å². The zero-order valence-electron chi connectivity index (χ0n) is 19.3. The van der Waals surface area contributed by atoms with Crippen molar-refractivity contribution >= 4 is 23.5 Å². The molecule has 0 bridgehead atoms. The second-order valence-electron chi connectivity index (χ2n) is 8.94. The normalized spacial score (nSPS) is 17.8. The van der Waals surface area contributed by atoms with Crippen LogP contribution in [0.2, 0.25) is 0 Å². The van der Waals surface area contributed by atoms with Crippen molar-refractivity contribution in [3.63, 3.8) is 0 Å². The maximum absolute atomic E-state index is 12.9. The minimum Gasteiger partial charge on any atom is -0.380 e. The first-order chi connectivity index (χ1) is 16.2. The summed E-state index contributed by atoms with van der Waals surface area (Å²) in [6.45, 7) is 6.78. The predicted octanol–water partition coefficient (Wildman–Crippen LogP) is 3.18. The van der Waals surface area contributed by atoms with Crippen LogP contribution < -0.4 is 4.90 Å². The fourth-order valence-corrected chi connectivity index (χ4v) is 4.99. The molecule has 0 unspecified atom stereocenters. The van der Waals surface area contributed by atoms with Crippen molar-refractivity contribution < 1.29 is 14.3 Å². The standard InChI is InChI=1S/C25H31N5O3/c1-2-33-12-11-29-17-20-14-22(26-16-21(20)25(29)32)30-10-6-7-18-13-19(15-27-23(18)30)24(31)28-8-4-3-5-9-28/h13-16H,2-12,17H2,1H3. The number of pyridine rings is 2. The number of aryl methyl sites for hydroxylation is 1. The molecule has 5 heterocycles. The second kappa shape index (κ2) is 9.47. The topological polar surface area (TPSA) is 78.9 Å². The van der Waals surface area contributed by atoms with Crippen molar-refractivity contribution in [1.82, 2.24) is 19.8 Å². The number of likely N-dealkylation sites (tertiary alicyclic amines) is 1. The number of amides is 2. The Balaban J connectivity index is 1.35. The van der Waals surface area contributed by atoms with Gasteiger partial charge in [-0.15, -0.1) is 0 Å². The highest BCUT2D eigenvalue weighted by molar-refractivity contribution is 5.98. The third-order valence-electron chi connectivity index (χ3n) is 6.76. The van der Waals surface area contributed by atoms with Gasteiger partial charge in [-0.2, -0.15) is 0 Å². The SMILES string of the molecule is CCOCCN1Cc2cc(N3CCCc4cc(C(=O)N5CCCCC5)cnc43)ncc2C1=O. The molecule has 174 valence electrons. The van der Waals surface area contributed by atoms with Gasteiger partial charge in [-0.1, -0.05) is 0 Å². The minimum atomic E-state index is 0.0155. The zero-order chi connectivity index (χ0) is 22.8. The molecule has 2 aromatic rings. The van der Waals surface area contributed by atoms with E-state index in [-0.39, 0.29) is 11.8 Å². The van der Waals surface area contributed by atoms with E-state index in [4.69, 9.17) is 9.72 Å². The first kappa shape index (κ1) is 21.8. The molecule has 0 aliphatic carbocycles. The molecular weight excluding hydrogens is 418 g/mol. The molecule has 0 aromatic carbocycles. The fraction of sp³-hybridized carbons (Fsp3) is 0.520. The third kappa shape index (κ3) is 4.31. The number of nitrogens with zero attached hydrogens (tertiary/aromatic N) is 5. The van der Waals surface area contributed by atoms with Crippen LogP contribution >= 0.6 is 0 Å². The molecular formula is C25H31N5O3. The number of carbonyl (C=O) groups excluding carboxylic acids is 2. The molecule has 3 aliphatic rings. The molecule has 33 heavy (non-hydrogen) atoms. The molecule has 8 heteroatoms. The van der Waals surface area contributed by atoms with E-state index in [2.05, 4.69) is 9.88 Å². The van der Waals surface area contributed by atoms with E-state index in [0.717, 1.165) is 68.1 Å². The molecule has 0 radical (unpaired) electrons. The van der Waals surface area contributed by atoms with Gasteiger partial charge in [-0.3, -0.25) is 9.59 Å². The average molecular weight is 450 g/mol. The monoisotopic (exact) mass is 449 g/mol. The van der Waals surface area contributed by atoms with Crippen LogP contribution in [-0.2, 0) is 17.7 Å². The lowest BCUT2D eigenvalue weighted by molar-refractivity contribution is 0.0679. The summed E-state index contributed by atoms with van der Waals surface area (Å²) in [7, 11) is 0. The van der Waals surface area contributed by atoms with Crippen LogP contribution in [0.4, 0.5) is 11.6 Å². The summed E-state index contributed by atoms with van der Waals surface area (Å²) in [5, 5.41) is 0. The van der Waals surface area contributed by atoms with Gasteiger partial charge in [0.25, 0.3) is 11.8 Å². The Labute approximate surface area is 194 Å². The maximum Gasteiger partial charge on any atom is 0.256 e. The van der Waals surface area contributed by atoms with Crippen molar-refractivity contribution in [2.24, 2.45) is 0 Å². The molecule has 8 nitrogen and oxygen atoms in total. The quantitative estimate of drug-likeness (QED) is 0.631. The lowest BCUT2D eigenvalue weighted by Gasteiger charge is -2.30. The van der Waals surface area contributed by atoms with Crippen molar-refractivity contribution in [2.75, 3.05) is 44.3 Å². The number of aromatic nitrogens is 2. The first-order valence-corrected chi connectivity index (χ1v) is 12.1. The Morgan fingerprint density at radius 1 is 1.03 bits per heavy atom. The van der Waals surface area contributed by atoms with Gasteiger partial charge in [0.1, 0.15) is 11.6 Å². The lowest BCUT2D eigenvalue weighted by Crippen LogP contribution is -2.36. The van der Waals surface area contributed by atoms with E-state index in [1.54, 1.807) is 12.4 Å². The highest BCUT2D eigenvalue weighted by atomic mass is 16.5. The summed E-state index contributed by atoms with van der Waals surface area (Å²) in [6, 6.07) is 4.02. The summed E-state index contributed by atoms with van der Waals surface area (Å²) in [5.41, 5.74) is 3.42. The van der Waals surface area contributed by atoms with Gasteiger partial charge in [0.05, 0.1) is 17.7 Å². The molecule has 0 atom stereocenters. The smallest absolute Gasteiger partial charge is 0.256 e. The molecule has 0 N–H and O–H groups in total. The number of fused-ring (bicyclic) bond motifs is 2. The first-order valence-electron chi connectivity index (χ1n) is 12.1. The van der Waals surface area contributed by atoms with Crippen molar-refractivity contribution in [3.05, 3.63) is 46.8 Å². The molecule has 3 aliphatic heterocycles. The Morgan fingerprint density at radius 2 is 1.88 bits per heavy atom. The summed E-state index contributed by atoms with van der Waals surface area (Å²) >= 11 is 0. The molecule has 1 fully saturated rings. The number of hydrogen-bond acceptors (Lipinski definition) is 6. The number of piperidine rings is 1. The van der Waals surface area contributed by atoms with E-state index in [1.807, 2.05) is 28.9 Å². The lowest BCUT2D eigenvalue weighted by atomic mass is 10.0. The molecule has 0 saturated carbocycles. The van der Waals surface area contributed by atoms with Gasteiger partial charge >= 0.3 is 0 Å². The maximum atomic E-state index is 12.9. The van der Waals surface area contributed by atoms with Gasteiger partial charge in [0, 0.05) is 51.7 Å². The van der Waals surface area contributed by atoms with Gasteiger partial charge < -0.3 is 19.4 Å². The van der Waals surface area contributed by atoms with Crippen LogP contribution in [-0.4, -0.2) is 71.0 Å². The van der Waals surface area contributed by atoms with E-state index in [1.165, 1.54) is 6.42 Å². The second-order valence-corrected chi connectivity index (χ2v) is 8.94. The van der Waals surface area contributed by atoms with Gasteiger partial charge in [0.2, 0.25) is 0 Å². The minimum absolute atomic E-state index is 0.0155. The summed E-state index contributed by atoms with van der Waals surface area (Å²) in [6.07, 6.45) is 8.62. The van der Waals surface area contributed by atoms with E-state index < -0.39 is 0 Å². The molecule has 2 amide bonds. The van der Waals surface area contributed by atoms with Crippen LogP contribution in [0.25, 0.3) is 0 Å². The summed E-state index contributed by atoms with van der Waals surface area (Å²) in [5.74, 6) is 1.77. The van der Waals surface area contributed by atoms with Crippen molar-refractivity contribution in [3.8, 4) is 0 Å². The van der Waals surface area contributed by atoms with Gasteiger partial charge in [-0.05, 0) is 62.3 Å². The van der Waals surface area contributed by atoms with E-state index in [0.29, 0.717) is 37.4 Å². The molecule has 5 rings (SSSR count). The van der Waals surface area contributed by atoms with Crippen molar-refractivity contribution in [2.45, 2.75) is 45.6 Å². The Morgan fingerprint density at radius 3 is 2.70 bits per heavy atom. The predicted molar refractivity (Wildman–Crippen MR) is 125 cm³/mol.